The van der Waals surface area contributed by atoms with Gasteiger partial charge in [-0.15, -0.1) is 0 Å². The lowest BCUT2D eigenvalue weighted by atomic mass is 9.98. The van der Waals surface area contributed by atoms with E-state index in [-0.39, 0.29) is 18.2 Å². The molecular weight excluding hydrogens is 566 g/mol. The highest BCUT2D eigenvalue weighted by atomic mass is 16.6. The summed E-state index contributed by atoms with van der Waals surface area (Å²) in [5.74, 6) is -0.0889. The smallest absolute Gasteiger partial charge is 0.408 e. The summed E-state index contributed by atoms with van der Waals surface area (Å²) in [5.41, 5.74) is 2.14. The van der Waals surface area contributed by atoms with Crippen LogP contribution in [0.1, 0.15) is 76.1 Å². The summed E-state index contributed by atoms with van der Waals surface area (Å²) in [5, 5.41) is 5.82. The number of alkyl carbamates (subject to hydrolysis) is 1. The van der Waals surface area contributed by atoms with Crippen molar-refractivity contribution in [1.29, 1.82) is 0 Å². The third-order valence-corrected chi connectivity index (χ3v) is 7.19. The number of rotatable bonds is 15. The summed E-state index contributed by atoms with van der Waals surface area (Å²) in [6.45, 7) is 11.6. The standard InChI is InChI=1S/C37H47N3O5/c1-7-9-10-14-24-40(35(42)32(26-28-16-12-11-13-17-28)39-36(43)45-37(3,4)5)33(29-19-15-18-27(8-2)25-29)34(41)38-30-20-22-31(44-6)23-21-30/h8,11-13,15-23,25,32-33H,2,7,9-10,14,24,26H2,1,3-6H3,(H,38,41)(H,39,43). The van der Waals surface area contributed by atoms with E-state index in [1.165, 1.54) is 0 Å². The second-order valence-electron chi connectivity index (χ2n) is 12.0. The summed E-state index contributed by atoms with van der Waals surface area (Å²) in [7, 11) is 1.58. The Morgan fingerprint density at radius 2 is 1.64 bits per heavy atom. The van der Waals surface area contributed by atoms with Gasteiger partial charge in [0, 0.05) is 18.7 Å². The number of unbranched alkanes of at least 4 members (excludes halogenated alkanes) is 3. The van der Waals surface area contributed by atoms with E-state index in [9.17, 15) is 14.4 Å². The van der Waals surface area contributed by atoms with Gasteiger partial charge in [0.05, 0.1) is 7.11 Å². The first kappa shape index (κ1) is 34.9. The SMILES string of the molecule is C=Cc1cccc(C(C(=O)Nc2ccc(OC)cc2)N(CCCCCC)C(=O)C(Cc2ccccc2)NC(=O)OC(C)(C)C)c1. The number of carbonyl (C=O) groups excluding carboxylic acids is 3. The fraction of sp³-hybridized carbons (Fsp3) is 0.378. The number of hydrogen-bond acceptors (Lipinski definition) is 5. The van der Waals surface area contributed by atoms with Gasteiger partial charge < -0.3 is 25.0 Å². The van der Waals surface area contributed by atoms with Crippen LogP contribution in [-0.2, 0) is 20.7 Å². The van der Waals surface area contributed by atoms with Gasteiger partial charge in [0.25, 0.3) is 5.91 Å². The van der Waals surface area contributed by atoms with Crippen molar-refractivity contribution in [2.45, 2.75) is 77.5 Å². The van der Waals surface area contributed by atoms with Crippen LogP contribution in [0.4, 0.5) is 10.5 Å². The molecule has 3 rings (SSSR count). The zero-order valence-electron chi connectivity index (χ0n) is 27.2. The summed E-state index contributed by atoms with van der Waals surface area (Å²) < 4.78 is 10.8. The summed E-state index contributed by atoms with van der Waals surface area (Å²) in [6.07, 6.45) is 4.84. The van der Waals surface area contributed by atoms with Crippen molar-refractivity contribution in [1.82, 2.24) is 10.2 Å². The van der Waals surface area contributed by atoms with Crippen LogP contribution < -0.4 is 15.4 Å². The third-order valence-electron chi connectivity index (χ3n) is 7.19. The second-order valence-corrected chi connectivity index (χ2v) is 12.0. The molecule has 0 aliphatic carbocycles. The minimum Gasteiger partial charge on any atom is -0.497 e. The van der Waals surface area contributed by atoms with E-state index in [2.05, 4.69) is 24.1 Å². The quantitative estimate of drug-likeness (QED) is 0.172. The van der Waals surface area contributed by atoms with Gasteiger partial charge in [-0.1, -0.05) is 87.4 Å². The highest BCUT2D eigenvalue weighted by Crippen LogP contribution is 2.27. The summed E-state index contributed by atoms with van der Waals surface area (Å²) in [4.78, 5) is 43.5. The average Bonchev–Trinajstić information content (AvgIpc) is 3.01. The molecule has 0 aromatic heterocycles. The number of hydrogen-bond donors (Lipinski definition) is 2. The van der Waals surface area contributed by atoms with Crippen molar-refractivity contribution in [2.24, 2.45) is 0 Å². The predicted molar refractivity (Wildman–Crippen MR) is 180 cm³/mol. The molecule has 3 amide bonds. The third kappa shape index (κ3) is 11.1. The van der Waals surface area contributed by atoms with Gasteiger partial charge in [0.2, 0.25) is 5.91 Å². The van der Waals surface area contributed by atoms with E-state index in [0.29, 0.717) is 30.0 Å². The molecule has 8 heteroatoms. The molecule has 3 aromatic carbocycles. The van der Waals surface area contributed by atoms with Crippen molar-refractivity contribution in [3.8, 4) is 5.75 Å². The van der Waals surface area contributed by atoms with E-state index >= 15 is 0 Å². The van der Waals surface area contributed by atoms with Gasteiger partial charge in [-0.05, 0) is 74.2 Å². The topological polar surface area (TPSA) is 97.0 Å². The minimum atomic E-state index is -0.986. The number of nitrogens with zero attached hydrogens (tertiary/aromatic N) is 1. The van der Waals surface area contributed by atoms with Crippen molar-refractivity contribution >= 4 is 29.7 Å². The Morgan fingerprint density at radius 3 is 2.27 bits per heavy atom. The fourth-order valence-corrected chi connectivity index (χ4v) is 4.99. The van der Waals surface area contributed by atoms with Gasteiger partial charge in [-0.2, -0.15) is 0 Å². The van der Waals surface area contributed by atoms with Crippen LogP contribution in [0.25, 0.3) is 6.08 Å². The average molecular weight is 614 g/mol. The van der Waals surface area contributed by atoms with E-state index < -0.39 is 23.8 Å². The van der Waals surface area contributed by atoms with E-state index in [1.54, 1.807) is 63.1 Å². The van der Waals surface area contributed by atoms with Crippen LogP contribution in [-0.4, -0.2) is 48.1 Å². The van der Waals surface area contributed by atoms with Crippen molar-refractivity contribution in [3.05, 3.63) is 102 Å². The maximum Gasteiger partial charge on any atom is 0.408 e. The van der Waals surface area contributed by atoms with Crippen LogP contribution in [0.15, 0.2) is 85.4 Å². The molecule has 2 N–H and O–H groups in total. The Morgan fingerprint density at radius 1 is 0.933 bits per heavy atom. The highest BCUT2D eigenvalue weighted by Gasteiger charge is 2.36. The lowest BCUT2D eigenvalue weighted by Crippen LogP contribution is -2.53. The van der Waals surface area contributed by atoms with Gasteiger partial charge in [0.1, 0.15) is 23.4 Å². The number of nitrogens with one attached hydrogen (secondary N) is 2. The molecule has 0 saturated carbocycles. The summed E-state index contributed by atoms with van der Waals surface area (Å²) >= 11 is 0. The Balaban J connectivity index is 2.08. The van der Waals surface area contributed by atoms with E-state index in [1.807, 2.05) is 54.6 Å². The van der Waals surface area contributed by atoms with Gasteiger partial charge in [-0.25, -0.2) is 4.79 Å². The molecule has 240 valence electrons. The number of carbonyl (C=O) groups is 3. The Labute approximate surface area is 267 Å². The van der Waals surface area contributed by atoms with Crippen molar-refractivity contribution < 1.29 is 23.9 Å². The maximum atomic E-state index is 14.7. The molecule has 3 aromatic rings. The zero-order valence-corrected chi connectivity index (χ0v) is 27.2. The lowest BCUT2D eigenvalue weighted by Gasteiger charge is -2.35. The van der Waals surface area contributed by atoms with Crippen LogP contribution in [0.5, 0.6) is 5.75 Å². The first-order valence-corrected chi connectivity index (χ1v) is 15.6. The normalized spacial score (nSPS) is 12.4. The van der Waals surface area contributed by atoms with Crippen molar-refractivity contribution in [3.63, 3.8) is 0 Å². The molecule has 2 atom stereocenters. The molecule has 0 heterocycles. The molecule has 0 radical (unpaired) electrons. The van der Waals surface area contributed by atoms with Crippen LogP contribution >= 0.6 is 0 Å². The number of ether oxygens (including phenoxy) is 2. The highest BCUT2D eigenvalue weighted by molar-refractivity contribution is 5.99. The predicted octanol–water partition coefficient (Wildman–Crippen LogP) is 7.56. The number of benzene rings is 3. The maximum absolute atomic E-state index is 14.7. The number of methoxy groups -OCH3 is 1. The van der Waals surface area contributed by atoms with Crippen LogP contribution in [0.2, 0.25) is 0 Å². The van der Waals surface area contributed by atoms with Crippen molar-refractivity contribution in [2.75, 3.05) is 19.0 Å². The van der Waals surface area contributed by atoms with E-state index in [4.69, 9.17) is 9.47 Å². The van der Waals surface area contributed by atoms with Crippen LogP contribution in [0, 0.1) is 0 Å². The molecular formula is C37H47N3O5. The van der Waals surface area contributed by atoms with Gasteiger partial charge in [0.15, 0.2) is 0 Å². The first-order valence-electron chi connectivity index (χ1n) is 15.6. The molecule has 2 unspecified atom stereocenters. The molecule has 0 saturated heterocycles. The molecule has 45 heavy (non-hydrogen) atoms. The van der Waals surface area contributed by atoms with Gasteiger partial charge in [-0.3, -0.25) is 9.59 Å². The molecule has 0 aliphatic rings. The van der Waals surface area contributed by atoms with E-state index in [0.717, 1.165) is 30.4 Å². The molecule has 8 nitrogen and oxygen atoms in total. The fourth-order valence-electron chi connectivity index (χ4n) is 4.99. The zero-order chi connectivity index (χ0) is 32.8. The van der Waals surface area contributed by atoms with Crippen LogP contribution in [0.3, 0.4) is 0 Å². The molecule has 0 spiro atoms. The molecule has 0 aliphatic heterocycles. The second kappa shape index (κ2) is 17.0. The number of amides is 3. The largest absolute Gasteiger partial charge is 0.497 e. The summed E-state index contributed by atoms with van der Waals surface area (Å²) in [6, 6.07) is 22.0. The van der Waals surface area contributed by atoms with Gasteiger partial charge >= 0.3 is 6.09 Å². The first-order chi connectivity index (χ1) is 21.5. The Kier molecular flexibility index (Phi) is 13.2. The molecule has 0 bridgehead atoms. The Bertz CT molecular complexity index is 1400. The monoisotopic (exact) mass is 613 g/mol. The Hall–Kier alpha value is -4.59. The number of anilines is 1. The minimum absolute atomic E-state index is 0.226. The lowest BCUT2D eigenvalue weighted by molar-refractivity contribution is -0.140. The molecule has 0 fully saturated rings.